The number of nitrogens with one attached hydrogen (secondary N) is 1. The fraction of sp³-hybridized carbons (Fsp3) is 0.625. The van der Waals surface area contributed by atoms with E-state index in [2.05, 4.69) is 5.32 Å². The van der Waals surface area contributed by atoms with Crippen LogP contribution in [0, 0.1) is 0 Å². The van der Waals surface area contributed by atoms with E-state index in [1.807, 2.05) is 19.1 Å². The highest BCUT2D eigenvalue weighted by Gasteiger charge is 2.28. The monoisotopic (exact) mass is 308 g/mol. The number of fused-ring (bicyclic) bond motifs is 1. The van der Waals surface area contributed by atoms with Crippen molar-refractivity contribution in [2.45, 2.75) is 50.0 Å². The Bertz CT molecular complexity index is 607. The Morgan fingerprint density at radius 3 is 2.76 bits per heavy atom. The summed E-state index contributed by atoms with van der Waals surface area (Å²) in [5.74, 6) is 0. The predicted molar refractivity (Wildman–Crippen MR) is 83.9 cm³/mol. The summed E-state index contributed by atoms with van der Waals surface area (Å²) in [5, 5.41) is 3.38. The van der Waals surface area contributed by atoms with Crippen LogP contribution < -0.4 is 5.32 Å². The number of likely N-dealkylation sites (N-methyl/N-ethyl adjacent to an activating group) is 1. The smallest absolute Gasteiger partial charge is 0.243 e. The van der Waals surface area contributed by atoms with Crippen LogP contribution in [-0.2, 0) is 22.9 Å². The molecule has 0 radical (unpaired) electrons. The van der Waals surface area contributed by atoms with E-state index in [1.165, 1.54) is 11.1 Å². The van der Waals surface area contributed by atoms with Gasteiger partial charge in [0, 0.05) is 19.1 Å². The molecular weight excluding hydrogens is 284 g/mol. The van der Waals surface area contributed by atoms with Crippen LogP contribution in [0.4, 0.5) is 0 Å². The van der Waals surface area contributed by atoms with Gasteiger partial charge in [-0.25, -0.2) is 8.42 Å². The van der Waals surface area contributed by atoms with Crippen LogP contribution in [0.15, 0.2) is 23.1 Å². The van der Waals surface area contributed by atoms with E-state index in [9.17, 15) is 8.42 Å². The van der Waals surface area contributed by atoms with Crippen molar-refractivity contribution in [2.24, 2.45) is 0 Å². The van der Waals surface area contributed by atoms with Crippen LogP contribution in [0.2, 0.25) is 0 Å². The number of hydrogen-bond acceptors (Lipinski definition) is 3. The van der Waals surface area contributed by atoms with Crippen molar-refractivity contribution in [2.75, 3.05) is 19.6 Å². The quantitative estimate of drug-likeness (QED) is 0.904. The van der Waals surface area contributed by atoms with Crippen molar-refractivity contribution in [1.29, 1.82) is 0 Å². The second-order valence-electron chi connectivity index (χ2n) is 6.03. The average molecular weight is 308 g/mol. The van der Waals surface area contributed by atoms with Crippen molar-refractivity contribution in [3.8, 4) is 0 Å². The normalized spacial score (nSPS) is 21.9. The number of aryl methyl sites for hydroxylation is 2. The lowest BCUT2D eigenvalue weighted by atomic mass is 10.1. The summed E-state index contributed by atoms with van der Waals surface area (Å²) in [5.41, 5.74) is 2.53. The second kappa shape index (κ2) is 6.07. The molecule has 0 aromatic heterocycles. The van der Waals surface area contributed by atoms with E-state index in [1.54, 1.807) is 10.4 Å². The Morgan fingerprint density at radius 2 is 2.05 bits per heavy atom. The van der Waals surface area contributed by atoms with Crippen molar-refractivity contribution in [3.63, 3.8) is 0 Å². The molecule has 1 aliphatic carbocycles. The fourth-order valence-electron chi connectivity index (χ4n) is 3.41. The van der Waals surface area contributed by atoms with Crippen LogP contribution in [0.25, 0.3) is 0 Å². The number of rotatable bonds is 5. The lowest BCUT2D eigenvalue weighted by molar-refractivity contribution is 0.383. The maximum absolute atomic E-state index is 12.8. The van der Waals surface area contributed by atoms with Gasteiger partial charge in [0.1, 0.15) is 0 Å². The van der Waals surface area contributed by atoms with Gasteiger partial charge < -0.3 is 5.32 Å². The summed E-state index contributed by atoms with van der Waals surface area (Å²) < 4.78 is 27.3. The van der Waals surface area contributed by atoms with Gasteiger partial charge in [0.2, 0.25) is 10.0 Å². The third-order valence-electron chi connectivity index (χ3n) is 4.65. The highest BCUT2D eigenvalue weighted by atomic mass is 32.2. The number of benzene rings is 1. The van der Waals surface area contributed by atoms with Crippen LogP contribution in [0.5, 0.6) is 0 Å². The molecule has 0 amide bonds. The van der Waals surface area contributed by atoms with Gasteiger partial charge in [-0.1, -0.05) is 13.0 Å². The third kappa shape index (κ3) is 3.00. The Kier molecular flexibility index (Phi) is 4.33. The van der Waals surface area contributed by atoms with Gasteiger partial charge in [0.05, 0.1) is 4.90 Å². The Balaban J connectivity index is 1.83. The van der Waals surface area contributed by atoms with E-state index in [-0.39, 0.29) is 0 Å². The van der Waals surface area contributed by atoms with Gasteiger partial charge in [0.25, 0.3) is 0 Å². The molecular formula is C16H24N2O2S. The first-order valence-electron chi connectivity index (χ1n) is 7.96. The zero-order valence-electron chi connectivity index (χ0n) is 12.6. The van der Waals surface area contributed by atoms with Crippen molar-refractivity contribution < 1.29 is 8.42 Å². The van der Waals surface area contributed by atoms with Crippen LogP contribution in [0.3, 0.4) is 0 Å². The van der Waals surface area contributed by atoms with E-state index in [4.69, 9.17) is 0 Å². The molecule has 1 saturated heterocycles. The zero-order valence-corrected chi connectivity index (χ0v) is 13.5. The van der Waals surface area contributed by atoms with Crippen LogP contribution in [0.1, 0.15) is 37.3 Å². The molecule has 1 unspecified atom stereocenters. The number of hydrogen-bond donors (Lipinski definition) is 1. The van der Waals surface area contributed by atoms with E-state index < -0.39 is 10.0 Å². The maximum Gasteiger partial charge on any atom is 0.243 e. The first-order valence-corrected chi connectivity index (χ1v) is 9.40. The Hall–Kier alpha value is -0.910. The summed E-state index contributed by atoms with van der Waals surface area (Å²) in [4.78, 5) is 0.461. The highest BCUT2D eigenvalue weighted by molar-refractivity contribution is 7.89. The summed E-state index contributed by atoms with van der Waals surface area (Å²) >= 11 is 0. The standard InChI is InChI=1S/C16H24N2O2S/c1-2-18(12-15-7-4-10-17-15)21(19,20)16-9-8-13-5-3-6-14(13)11-16/h8-9,11,15,17H,2-7,10,12H2,1H3. The fourth-order valence-corrected chi connectivity index (χ4v) is 4.96. The predicted octanol–water partition coefficient (Wildman–Crippen LogP) is 1.94. The second-order valence-corrected chi connectivity index (χ2v) is 7.97. The summed E-state index contributed by atoms with van der Waals surface area (Å²) in [6, 6.07) is 5.97. The minimum absolute atomic E-state index is 0.300. The van der Waals surface area contributed by atoms with E-state index in [0.29, 0.717) is 24.0 Å². The van der Waals surface area contributed by atoms with E-state index in [0.717, 1.165) is 38.6 Å². The van der Waals surface area contributed by atoms with Crippen LogP contribution >= 0.6 is 0 Å². The van der Waals surface area contributed by atoms with Gasteiger partial charge in [-0.2, -0.15) is 4.31 Å². The van der Waals surface area contributed by atoms with Crippen molar-refractivity contribution >= 4 is 10.0 Å². The molecule has 1 atom stereocenters. The molecule has 21 heavy (non-hydrogen) atoms. The number of nitrogens with zero attached hydrogens (tertiary/aromatic N) is 1. The molecule has 1 fully saturated rings. The molecule has 1 N–H and O–H groups in total. The molecule has 116 valence electrons. The largest absolute Gasteiger partial charge is 0.313 e. The summed E-state index contributed by atoms with van der Waals surface area (Å²) in [7, 11) is -3.37. The summed E-state index contributed by atoms with van der Waals surface area (Å²) in [6.07, 6.45) is 5.44. The summed E-state index contributed by atoms with van der Waals surface area (Å²) in [6.45, 7) is 4.02. The molecule has 0 bridgehead atoms. The SMILES string of the molecule is CCN(CC1CCCN1)S(=O)(=O)c1ccc2c(c1)CCC2. The van der Waals surface area contributed by atoms with Crippen molar-refractivity contribution in [1.82, 2.24) is 9.62 Å². The Labute approximate surface area is 127 Å². The highest BCUT2D eigenvalue weighted by Crippen LogP contribution is 2.26. The lowest BCUT2D eigenvalue weighted by Gasteiger charge is -2.24. The molecule has 3 rings (SSSR count). The topological polar surface area (TPSA) is 49.4 Å². The van der Waals surface area contributed by atoms with Crippen LogP contribution in [-0.4, -0.2) is 38.4 Å². The third-order valence-corrected chi connectivity index (χ3v) is 6.58. The van der Waals surface area contributed by atoms with Gasteiger partial charge in [-0.05, 0) is 61.9 Å². The molecule has 0 spiro atoms. The zero-order chi connectivity index (χ0) is 14.9. The first-order chi connectivity index (χ1) is 10.1. The van der Waals surface area contributed by atoms with Crippen molar-refractivity contribution in [3.05, 3.63) is 29.3 Å². The van der Waals surface area contributed by atoms with Gasteiger partial charge in [-0.3, -0.25) is 0 Å². The molecule has 1 aromatic rings. The molecule has 1 aliphatic heterocycles. The minimum Gasteiger partial charge on any atom is -0.313 e. The minimum atomic E-state index is -3.37. The van der Waals surface area contributed by atoms with E-state index >= 15 is 0 Å². The first kappa shape index (κ1) is 15.0. The van der Waals surface area contributed by atoms with Gasteiger partial charge in [-0.15, -0.1) is 0 Å². The number of sulfonamides is 1. The maximum atomic E-state index is 12.8. The molecule has 1 aromatic carbocycles. The Morgan fingerprint density at radius 1 is 1.24 bits per heavy atom. The lowest BCUT2D eigenvalue weighted by Crippen LogP contribution is -2.40. The average Bonchev–Trinajstić information content (AvgIpc) is 3.14. The van der Waals surface area contributed by atoms with Gasteiger partial charge in [0.15, 0.2) is 0 Å². The molecule has 5 heteroatoms. The molecule has 1 heterocycles. The molecule has 2 aliphatic rings. The van der Waals surface area contributed by atoms with Gasteiger partial charge >= 0.3 is 0 Å². The molecule has 4 nitrogen and oxygen atoms in total. The molecule has 0 saturated carbocycles.